The number of hydrogen-bond donors (Lipinski definition) is 0. The van der Waals surface area contributed by atoms with Gasteiger partial charge in [-0.3, -0.25) is 4.79 Å². The second kappa shape index (κ2) is 2.35. The predicted molar refractivity (Wildman–Crippen MR) is 30.7 cm³/mol. The van der Waals surface area contributed by atoms with Crippen LogP contribution in [0.1, 0.15) is 24.3 Å². The van der Waals surface area contributed by atoms with Crippen LogP contribution in [0.4, 0.5) is 0 Å². The van der Waals surface area contributed by atoms with Crippen LogP contribution in [0.15, 0.2) is 0 Å². The van der Waals surface area contributed by atoms with Gasteiger partial charge in [-0.2, -0.15) is 0 Å². The first kappa shape index (κ1) is 3.56. The van der Waals surface area contributed by atoms with Crippen molar-refractivity contribution < 1.29 is 18.4 Å². The number of ether oxygens (including phenoxy) is 2. The third kappa shape index (κ3) is 1.68. The molecule has 1 saturated heterocycles. The van der Waals surface area contributed by atoms with Crippen molar-refractivity contribution in [3.63, 3.8) is 0 Å². The Kier molecular flexibility index (Phi) is 0.931. The summed E-state index contributed by atoms with van der Waals surface area (Å²) in [7, 11) is 0. The molecule has 0 spiro atoms. The SMILES string of the molecule is [2H]C([2H])([2H])C1CC(=O)OC(C)O1. The van der Waals surface area contributed by atoms with E-state index in [-0.39, 0.29) is 6.42 Å². The summed E-state index contributed by atoms with van der Waals surface area (Å²) in [6, 6.07) is 0. The third-order valence-corrected chi connectivity index (χ3v) is 1.01. The van der Waals surface area contributed by atoms with Crippen molar-refractivity contribution in [2.24, 2.45) is 0 Å². The van der Waals surface area contributed by atoms with Crippen LogP contribution in [0.3, 0.4) is 0 Å². The first-order chi connectivity index (χ1) is 5.39. The third-order valence-electron chi connectivity index (χ3n) is 1.01. The van der Waals surface area contributed by atoms with E-state index in [0.717, 1.165) is 0 Å². The van der Waals surface area contributed by atoms with Gasteiger partial charge in [0.15, 0.2) is 6.29 Å². The van der Waals surface area contributed by atoms with Crippen LogP contribution in [-0.4, -0.2) is 18.4 Å². The standard InChI is InChI=1S/C6H10O3/c1-4-3-6(7)9-5(2)8-4/h4-5H,3H2,1-2H3/i1D3. The van der Waals surface area contributed by atoms with E-state index in [1.54, 1.807) is 0 Å². The molecule has 3 nitrogen and oxygen atoms in total. The Bertz CT molecular complexity index is 189. The first-order valence-electron chi connectivity index (χ1n) is 4.24. The van der Waals surface area contributed by atoms with E-state index in [9.17, 15) is 4.79 Å². The van der Waals surface area contributed by atoms with Gasteiger partial charge in [-0.1, -0.05) is 0 Å². The van der Waals surface area contributed by atoms with E-state index in [1.807, 2.05) is 0 Å². The number of hydrogen-bond acceptors (Lipinski definition) is 3. The number of rotatable bonds is 0. The quantitative estimate of drug-likeness (QED) is 0.456. The molecule has 9 heavy (non-hydrogen) atoms. The molecule has 0 aromatic heterocycles. The molecule has 1 rings (SSSR count). The summed E-state index contributed by atoms with van der Waals surface area (Å²) in [5.41, 5.74) is 0. The lowest BCUT2D eigenvalue weighted by atomic mass is 10.3. The number of carbonyl (C=O) groups is 1. The zero-order valence-electron chi connectivity index (χ0n) is 8.09. The van der Waals surface area contributed by atoms with Crippen LogP contribution in [0, 0.1) is 0 Å². The summed E-state index contributed by atoms with van der Waals surface area (Å²) in [6.07, 6.45) is -1.97. The Hall–Kier alpha value is -0.570. The summed E-state index contributed by atoms with van der Waals surface area (Å²) in [5.74, 6) is -0.519. The Balaban J connectivity index is 2.62. The second-order valence-electron chi connectivity index (χ2n) is 1.89. The second-order valence-corrected chi connectivity index (χ2v) is 1.89. The maximum Gasteiger partial charge on any atom is 0.310 e. The van der Waals surface area contributed by atoms with Gasteiger partial charge < -0.3 is 9.47 Å². The van der Waals surface area contributed by atoms with Gasteiger partial charge in [-0.05, 0) is 13.8 Å². The zero-order valence-corrected chi connectivity index (χ0v) is 5.09. The van der Waals surface area contributed by atoms with Gasteiger partial charge in [0, 0.05) is 4.11 Å². The molecule has 52 valence electrons. The molecule has 1 heterocycles. The van der Waals surface area contributed by atoms with Crippen LogP contribution >= 0.6 is 0 Å². The molecule has 1 aliphatic rings. The van der Waals surface area contributed by atoms with Crippen LogP contribution in [0.25, 0.3) is 0 Å². The fourth-order valence-corrected chi connectivity index (χ4v) is 0.692. The monoisotopic (exact) mass is 133 g/mol. The van der Waals surface area contributed by atoms with Gasteiger partial charge in [0.2, 0.25) is 0 Å². The van der Waals surface area contributed by atoms with Crippen molar-refractivity contribution in [1.82, 2.24) is 0 Å². The molecule has 1 fully saturated rings. The molecular formula is C6H10O3. The predicted octanol–water partition coefficient (Wildman–Crippen LogP) is 0.684. The van der Waals surface area contributed by atoms with E-state index in [4.69, 9.17) is 8.85 Å². The molecule has 0 radical (unpaired) electrons. The van der Waals surface area contributed by atoms with Crippen molar-refractivity contribution in [3.05, 3.63) is 0 Å². The topological polar surface area (TPSA) is 35.5 Å². The van der Waals surface area contributed by atoms with E-state index >= 15 is 0 Å². The van der Waals surface area contributed by atoms with E-state index in [1.165, 1.54) is 6.92 Å². The highest BCUT2D eigenvalue weighted by Crippen LogP contribution is 2.11. The Labute approximate surface area is 58.2 Å². The summed E-state index contributed by atoms with van der Waals surface area (Å²) >= 11 is 0. The van der Waals surface area contributed by atoms with Crippen LogP contribution in [0.2, 0.25) is 0 Å². The van der Waals surface area contributed by atoms with Gasteiger partial charge in [-0.15, -0.1) is 0 Å². The highest BCUT2D eigenvalue weighted by Gasteiger charge is 2.22. The molecule has 0 saturated carbocycles. The average Bonchev–Trinajstić information content (AvgIpc) is 1.82. The molecule has 0 aliphatic carbocycles. The van der Waals surface area contributed by atoms with Crippen LogP contribution in [0.5, 0.6) is 0 Å². The molecule has 2 atom stereocenters. The van der Waals surface area contributed by atoms with Gasteiger partial charge >= 0.3 is 5.97 Å². The minimum absolute atomic E-state index is 0.194. The number of cyclic esters (lactones) is 1. The first-order valence-corrected chi connectivity index (χ1v) is 2.74. The van der Waals surface area contributed by atoms with Gasteiger partial charge in [0.1, 0.15) is 0 Å². The summed E-state index contributed by atoms with van der Waals surface area (Å²) in [4.78, 5) is 10.8. The summed E-state index contributed by atoms with van der Waals surface area (Å²) in [5, 5.41) is 0. The zero-order chi connectivity index (χ0) is 9.35. The number of carbonyl (C=O) groups excluding carboxylic acids is 1. The largest absolute Gasteiger partial charge is 0.436 e. The molecule has 0 amide bonds. The molecule has 3 heteroatoms. The van der Waals surface area contributed by atoms with Crippen LogP contribution in [-0.2, 0) is 14.3 Å². The van der Waals surface area contributed by atoms with Crippen molar-refractivity contribution in [2.75, 3.05) is 0 Å². The smallest absolute Gasteiger partial charge is 0.310 e. The molecule has 0 aromatic carbocycles. The molecule has 1 aliphatic heterocycles. The molecule has 0 N–H and O–H groups in total. The van der Waals surface area contributed by atoms with E-state index < -0.39 is 25.2 Å². The van der Waals surface area contributed by atoms with Crippen molar-refractivity contribution in [3.8, 4) is 0 Å². The maximum absolute atomic E-state index is 10.8. The Morgan fingerprint density at radius 3 is 3.22 bits per heavy atom. The van der Waals surface area contributed by atoms with E-state index in [0.29, 0.717) is 0 Å². The number of esters is 1. The minimum atomic E-state index is -2.24. The van der Waals surface area contributed by atoms with E-state index in [2.05, 4.69) is 4.74 Å². The highest BCUT2D eigenvalue weighted by atomic mass is 16.7. The lowest BCUT2D eigenvalue weighted by Gasteiger charge is -2.24. The van der Waals surface area contributed by atoms with Crippen molar-refractivity contribution >= 4 is 5.97 Å². The summed E-state index contributed by atoms with van der Waals surface area (Å²) < 4.78 is 30.5. The minimum Gasteiger partial charge on any atom is -0.436 e. The van der Waals surface area contributed by atoms with Gasteiger partial charge in [0.05, 0.1) is 12.5 Å². The van der Waals surface area contributed by atoms with Crippen LogP contribution < -0.4 is 0 Å². The lowest BCUT2D eigenvalue weighted by molar-refractivity contribution is -0.206. The molecule has 0 aromatic rings. The fourth-order valence-electron chi connectivity index (χ4n) is 0.692. The molecule has 2 unspecified atom stereocenters. The average molecular weight is 133 g/mol. The fraction of sp³-hybridized carbons (Fsp3) is 0.833. The van der Waals surface area contributed by atoms with Crippen molar-refractivity contribution in [2.45, 2.75) is 32.6 Å². The van der Waals surface area contributed by atoms with Crippen molar-refractivity contribution in [1.29, 1.82) is 0 Å². The molecular weight excluding hydrogens is 120 g/mol. The van der Waals surface area contributed by atoms with Gasteiger partial charge in [-0.25, -0.2) is 0 Å². The molecule has 0 bridgehead atoms. The Morgan fingerprint density at radius 2 is 2.67 bits per heavy atom. The summed E-state index contributed by atoms with van der Waals surface area (Å²) in [6.45, 7) is -0.747. The lowest BCUT2D eigenvalue weighted by Crippen LogP contribution is -2.31. The van der Waals surface area contributed by atoms with Gasteiger partial charge in [0.25, 0.3) is 0 Å². The normalized spacial score (nSPS) is 42.3. The Morgan fingerprint density at radius 1 is 1.89 bits per heavy atom. The maximum atomic E-state index is 10.8. The highest BCUT2D eigenvalue weighted by molar-refractivity contribution is 5.70.